The standard InChI is InChI=1S/C25H27FN8/c1-15-18-13-27-5-3-16(18)11-19(26)22(15)25-29-14-20-24(30-25)23(32-31-20)17-4-6-28-21(12-17)34-9-7-33(2)8-10-34/h4,6,11-12,14,27H,3,5,7-10,13H2,1-2H3,(H,31,32). The maximum Gasteiger partial charge on any atom is 0.163 e. The van der Waals surface area contributed by atoms with E-state index in [0.29, 0.717) is 22.6 Å². The van der Waals surface area contributed by atoms with Crippen molar-refractivity contribution in [1.29, 1.82) is 0 Å². The van der Waals surface area contributed by atoms with Crippen LogP contribution in [0.15, 0.2) is 30.6 Å². The first-order chi connectivity index (χ1) is 16.6. The van der Waals surface area contributed by atoms with Crippen molar-refractivity contribution in [2.24, 2.45) is 0 Å². The van der Waals surface area contributed by atoms with Gasteiger partial charge in [0.1, 0.15) is 28.4 Å². The number of benzene rings is 1. The highest BCUT2D eigenvalue weighted by Crippen LogP contribution is 2.33. The number of H-pyrrole nitrogens is 1. The van der Waals surface area contributed by atoms with Gasteiger partial charge >= 0.3 is 0 Å². The summed E-state index contributed by atoms with van der Waals surface area (Å²) in [5.74, 6) is 1.04. The number of pyridine rings is 1. The van der Waals surface area contributed by atoms with E-state index in [1.54, 1.807) is 12.3 Å². The molecule has 34 heavy (non-hydrogen) atoms. The minimum Gasteiger partial charge on any atom is -0.354 e. The Morgan fingerprint density at radius 2 is 1.94 bits per heavy atom. The van der Waals surface area contributed by atoms with E-state index in [4.69, 9.17) is 4.98 Å². The highest BCUT2D eigenvalue weighted by atomic mass is 19.1. The molecule has 0 radical (unpaired) electrons. The van der Waals surface area contributed by atoms with E-state index in [0.717, 1.165) is 79.3 Å². The van der Waals surface area contributed by atoms with Gasteiger partial charge in [-0.25, -0.2) is 19.3 Å². The summed E-state index contributed by atoms with van der Waals surface area (Å²) in [7, 11) is 2.14. The van der Waals surface area contributed by atoms with E-state index >= 15 is 4.39 Å². The number of nitrogens with one attached hydrogen (secondary N) is 2. The summed E-state index contributed by atoms with van der Waals surface area (Å²) < 4.78 is 15.2. The molecule has 8 nitrogen and oxygen atoms in total. The third-order valence-corrected chi connectivity index (χ3v) is 7.00. The molecule has 0 atom stereocenters. The summed E-state index contributed by atoms with van der Waals surface area (Å²) in [5, 5.41) is 10.9. The lowest BCUT2D eigenvalue weighted by Gasteiger charge is -2.33. The SMILES string of the molecule is Cc1c2c(cc(F)c1-c1ncc3[nH]nc(-c4ccnc(N5CCN(C)CC5)c4)c3n1)CCNC2. The van der Waals surface area contributed by atoms with Gasteiger partial charge in [0.2, 0.25) is 0 Å². The summed E-state index contributed by atoms with van der Waals surface area (Å²) in [5.41, 5.74) is 6.60. The molecule has 2 N–H and O–H groups in total. The molecular formula is C25H27FN8. The van der Waals surface area contributed by atoms with Gasteiger partial charge in [0, 0.05) is 44.5 Å². The van der Waals surface area contributed by atoms with Gasteiger partial charge in [-0.2, -0.15) is 5.10 Å². The molecule has 0 unspecified atom stereocenters. The van der Waals surface area contributed by atoms with E-state index < -0.39 is 0 Å². The summed E-state index contributed by atoms with van der Waals surface area (Å²) in [6.07, 6.45) is 4.33. The summed E-state index contributed by atoms with van der Waals surface area (Å²) in [6, 6.07) is 5.64. The third-order valence-electron chi connectivity index (χ3n) is 7.00. The summed E-state index contributed by atoms with van der Waals surface area (Å²) in [6.45, 7) is 7.45. The Morgan fingerprint density at radius 1 is 1.09 bits per heavy atom. The number of fused-ring (bicyclic) bond motifs is 2. The second-order valence-corrected chi connectivity index (χ2v) is 9.14. The third kappa shape index (κ3) is 3.61. The minimum absolute atomic E-state index is 0.274. The van der Waals surface area contributed by atoms with E-state index in [1.807, 2.05) is 19.2 Å². The molecule has 0 bridgehead atoms. The van der Waals surface area contributed by atoms with Crippen LogP contribution in [0.5, 0.6) is 0 Å². The number of anilines is 1. The second kappa shape index (κ2) is 8.41. The molecule has 2 aliphatic heterocycles. The second-order valence-electron chi connectivity index (χ2n) is 9.14. The smallest absolute Gasteiger partial charge is 0.163 e. The Balaban J connectivity index is 1.41. The Morgan fingerprint density at radius 3 is 2.79 bits per heavy atom. The van der Waals surface area contributed by atoms with Crippen molar-refractivity contribution in [3.63, 3.8) is 0 Å². The molecule has 1 saturated heterocycles. The van der Waals surface area contributed by atoms with Crippen molar-refractivity contribution in [3.8, 4) is 22.6 Å². The molecular weight excluding hydrogens is 431 g/mol. The first-order valence-electron chi connectivity index (χ1n) is 11.7. The molecule has 5 heterocycles. The molecule has 0 amide bonds. The number of piperazine rings is 1. The van der Waals surface area contributed by atoms with E-state index in [9.17, 15) is 0 Å². The molecule has 0 saturated carbocycles. The van der Waals surface area contributed by atoms with E-state index in [2.05, 4.69) is 48.4 Å². The van der Waals surface area contributed by atoms with Crippen LogP contribution in [0.25, 0.3) is 33.7 Å². The van der Waals surface area contributed by atoms with Crippen molar-refractivity contribution in [2.75, 3.05) is 44.7 Å². The van der Waals surface area contributed by atoms with Gasteiger partial charge in [-0.05, 0) is 61.8 Å². The van der Waals surface area contributed by atoms with Crippen molar-refractivity contribution in [3.05, 3.63) is 53.1 Å². The molecule has 4 aromatic rings. The van der Waals surface area contributed by atoms with Crippen LogP contribution in [0.4, 0.5) is 10.2 Å². The molecule has 0 aliphatic carbocycles. The normalized spacial score (nSPS) is 16.7. The molecule has 3 aromatic heterocycles. The van der Waals surface area contributed by atoms with Crippen molar-refractivity contribution in [1.82, 2.24) is 35.4 Å². The van der Waals surface area contributed by atoms with Crippen LogP contribution in [0.1, 0.15) is 16.7 Å². The number of rotatable bonds is 3. The van der Waals surface area contributed by atoms with Crippen LogP contribution in [0.3, 0.4) is 0 Å². The first kappa shape index (κ1) is 21.1. The lowest BCUT2D eigenvalue weighted by molar-refractivity contribution is 0.312. The lowest BCUT2D eigenvalue weighted by atomic mass is 9.92. The van der Waals surface area contributed by atoms with Crippen LogP contribution >= 0.6 is 0 Å². The fourth-order valence-electron chi connectivity index (χ4n) is 4.97. The van der Waals surface area contributed by atoms with Gasteiger partial charge in [-0.15, -0.1) is 0 Å². The fourth-order valence-corrected chi connectivity index (χ4v) is 4.97. The topological polar surface area (TPSA) is 85.9 Å². The molecule has 0 spiro atoms. The summed E-state index contributed by atoms with van der Waals surface area (Å²) >= 11 is 0. The van der Waals surface area contributed by atoms with Crippen LogP contribution in [-0.2, 0) is 13.0 Å². The Hall–Kier alpha value is -3.43. The fraction of sp³-hybridized carbons (Fsp3) is 0.360. The maximum absolute atomic E-state index is 15.2. The number of likely N-dealkylation sites (N-methyl/N-ethyl adjacent to an activating group) is 1. The van der Waals surface area contributed by atoms with Crippen LogP contribution < -0.4 is 10.2 Å². The van der Waals surface area contributed by atoms with Crippen LogP contribution in [-0.4, -0.2) is 69.8 Å². The van der Waals surface area contributed by atoms with Crippen molar-refractivity contribution < 1.29 is 4.39 Å². The zero-order valence-electron chi connectivity index (χ0n) is 19.4. The van der Waals surface area contributed by atoms with Gasteiger partial charge in [0.25, 0.3) is 0 Å². The minimum atomic E-state index is -0.274. The molecule has 9 heteroatoms. The van der Waals surface area contributed by atoms with E-state index in [-0.39, 0.29) is 5.82 Å². The van der Waals surface area contributed by atoms with Gasteiger partial charge in [-0.1, -0.05) is 0 Å². The lowest BCUT2D eigenvalue weighted by Crippen LogP contribution is -2.44. The zero-order chi connectivity index (χ0) is 23.2. The molecule has 2 aliphatic rings. The zero-order valence-corrected chi connectivity index (χ0v) is 19.4. The van der Waals surface area contributed by atoms with Crippen LogP contribution in [0, 0.1) is 12.7 Å². The Bertz CT molecular complexity index is 1370. The maximum atomic E-state index is 15.2. The average molecular weight is 459 g/mol. The number of nitrogens with zero attached hydrogens (tertiary/aromatic N) is 6. The predicted octanol–water partition coefficient (Wildman–Crippen LogP) is 2.93. The highest BCUT2D eigenvalue weighted by molar-refractivity contribution is 5.90. The van der Waals surface area contributed by atoms with Crippen molar-refractivity contribution in [2.45, 2.75) is 19.9 Å². The quantitative estimate of drug-likeness (QED) is 0.488. The Kier molecular flexibility index (Phi) is 5.23. The largest absolute Gasteiger partial charge is 0.354 e. The molecule has 1 fully saturated rings. The first-order valence-corrected chi connectivity index (χ1v) is 11.7. The monoisotopic (exact) mass is 458 g/mol. The highest BCUT2D eigenvalue weighted by Gasteiger charge is 2.22. The van der Waals surface area contributed by atoms with Gasteiger partial charge < -0.3 is 15.1 Å². The van der Waals surface area contributed by atoms with E-state index in [1.165, 1.54) is 0 Å². The molecule has 1 aromatic carbocycles. The van der Waals surface area contributed by atoms with Gasteiger partial charge in [0.15, 0.2) is 5.82 Å². The molecule has 6 rings (SSSR count). The number of hydrogen-bond donors (Lipinski definition) is 2. The molecule has 174 valence electrons. The van der Waals surface area contributed by atoms with Gasteiger partial charge in [0.05, 0.1) is 11.8 Å². The average Bonchev–Trinajstić information content (AvgIpc) is 3.28. The number of aromatic nitrogens is 5. The van der Waals surface area contributed by atoms with Crippen LogP contribution in [0.2, 0.25) is 0 Å². The predicted molar refractivity (Wildman–Crippen MR) is 130 cm³/mol. The Labute approximate surface area is 197 Å². The number of halogens is 1. The van der Waals surface area contributed by atoms with Crippen molar-refractivity contribution >= 4 is 16.9 Å². The number of aromatic amines is 1. The van der Waals surface area contributed by atoms with Gasteiger partial charge in [-0.3, -0.25) is 5.10 Å². The summed E-state index contributed by atoms with van der Waals surface area (Å²) in [4.78, 5) is 18.5. The number of hydrogen-bond acceptors (Lipinski definition) is 7.